The van der Waals surface area contributed by atoms with Gasteiger partial charge in [-0.2, -0.15) is 5.10 Å². The van der Waals surface area contributed by atoms with E-state index in [9.17, 15) is 0 Å². The van der Waals surface area contributed by atoms with Crippen molar-refractivity contribution >= 4 is 16.6 Å². The van der Waals surface area contributed by atoms with Gasteiger partial charge in [0.1, 0.15) is 0 Å². The predicted octanol–water partition coefficient (Wildman–Crippen LogP) is 3.63. The van der Waals surface area contributed by atoms with Crippen LogP contribution in [0.25, 0.3) is 10.9 Å². The second-order valence-electron chi connectivity index (χ2n) is 7.46. The van der Waals surface area contributed by atoms with E-state index in [0.717, 1.165) is 23.5 Å². The van der Waals surface area contributed by atoms with E-state index in [-0.39, 0.29) is 0 Å². The smallest absolute Gasteiger partial charge is 0.0651 e. The number of rotatable bonds is 4. The first-order chi connectivity index (χ1) is 10.7. The molecule has 0 radical (unpaired) electrons. The van der Waals surface area contributed by atoms with E-state index < -0.39 is 0 Å². The van der Waals surface area contributed by atoms with Gasteiger partial charge in [0.05, 0.1) is 11.7 Å². The van der Waals surface area contributed by atoms with Crippen molar-refractivity contribution in [2.45, 2.75) is 57.7 Å². The third kappa shape index (κ3) is 2.60. The zero-order valence-electron chi connectivity index (χ0n) is 13.5. The Morgan fingerprint density at radius 2 is 2.05 bits per heavy atom. The van der Waals surface area contributed by atoms with E-state index in [1.54, 1.807) is 0 Å². The number of aromatic amines is 1. The lowest BCUT2D eigenvalue weighted by Gasteiger charge is -2.40. The molecule has 2 atom stereocenters. The molecule has 2 aromatic rings. The zero-order chi connectivity index (χ0) is 15.1. The van der Waals surface area contributed by atoms with Gasteiger partial charge in [-0.25, -0.2) is 0 Å². The van der Waals surface area contributed by atoms with Gasteiger partial charge in [-0.3, -0.25) is 10.00 Å². The first-order valence-corrected chi connectivity index (χ1v) is 8.64. The number of fused-ring (bicyclic) bond motifs is 3. The highest BCUT2D eigenvalue weighted by atomic mass is 15.2. The topological polar surface area (TPSA) is 44.0 Å². The van der Waals surface area contributed by atoms with Crippen molar-refractivity contribution in [3.05, 3.63) is 24.4 Å². The molecule has 0 aliphatic carbocycles. The van der Waals surface area contributed by atoms with Crippen LogP contribution >= 0.6 is 0 Å². The third-order valence-electron chi connectivity index (χ3n) is 5.27. The SMILES string of the molecule is CC(C)CN1C2CCC1CC(Nc1ccc3[nH]ncc3c1)C2. The van der Waals surface area contributed by atoms with Gasteiger partial charge in [-0.15, -0.1) is 0 Å². The number of hydrogen-bond donors (Lipinski definition) is 2. The number of piperidine rings is 1. The minimum atomic E-state index is 0.616. The second kappa shape index (κ2) is 5.58. The summed E-state index contributed by atoms with van der Waals surface area (Å²) in [6.45, 7) is 5.94. The highest BCUT2D eigenvalue weighted by molar-refractivity contribution is 5.81. The fraction of sp³-hybridized carbons (Fsp3) is 0.611. The summed E-state index contributed by atoms with van der Waals surface area (Å²) >= 11 is 0. The summed E-state index contributed by atoms with van der Waals surface area (Å²) in [5.74, 6) is 0.774. The molecule has 0 saturated carbocycles. The predicted molar refractivity (Wildman–Crippen MR) is 91.1 cm³/mol. The molecule has 1 aromatic carbocycles. The number of anilines is 1. The second-order valence-corrected chi connectivity index (χ2v) is 7.46. The average molecular weight is 298 g/mol. The maximum absolute atomic E-state index is 4.10. The lowest BCUT2D eigenvalue weighted by Crippen LogP contribution is -2.48. The minimum absolute atomic E-state index is 0.616. The molecule has 4 heteroatoms. The van der Waals surface area contributed by atoms with Gasteiger partial charge < -0.3 is 5.32 Å². The van der Waals surface area contributed by atoms with E-state index in [4.69, 9.17) is 0 Å². The van der Waals surface area contributed by atoms with Crippen LogP contribution in [-0.4, -0.2) is 39.8 Å². The van der Waals surface area contributed by atoms with E-state index >= 15 is 0 Å². The fourth-order valence-electron chi connectivity index (χ4n) is 4.38. The molecule has 0 amide bonds. The number of benzene rings is 1. The minimum Gasteiger partial charge on any atom is -0.382 e. The number of nitrogens with one attached hydrogen (secondary N) is 2. The van der Waals surface area contributed by atoms with Crippen LogP contribution < -0.4 is 5.32 Å². The highest BCUT2D eigenvalue weighted by Gasteiger charge is 2.40. The number of hydrogen-bond acceptors (Lipinski definition) is 3. The summed E-state index contributed by atoms with van der Waals surface area (Å²) in [4.78, 5) is 2.78. The van der Waals surface area contributed by atoms with Crippen LogP contribution in [0, 0.1) is 5.92 Å². The Balaban J connectivity index is 1.44. The van der Waals surface area contributed by atoms with Crippen LogP contribution in [0.5, 0.6) is 0 Å². The van der Waals surface area contributed by atoms with E-state index in [0.29, 0.717) is 6.04 Å². The van der Waals surface area contributed by atoms with Crippen LogP contribution in [0.2, 0.25) is 0 Å². The van der Waals surface area contributed by atoms with Crippen molar-refractivity contribution in [2.75, 3.05) is 11.9 Å². The highest BCUT2D eigenvalue weighted by Crippen LogP contribution is 2.37. The molecule has 2 aliphatic heterocycles. The summed E-state index contributed by atoms with van der Waals surface area (Å²) < 4.78 is 0. The monoisotopic (exact) mass is 298 g/mol. The Morgan fingerprint density at radius 3 is 2.77 bits per heavy atom. The summed E-state index contributed by atoms with van der Waals surface area (Å²) in [5, 5.41) is 12.1. The van der Waals surface area contributed by atoms with E-state index in [1.807, 2.05) is 6.20 Å². The molecule has 118 valence electrons. The molecule has 0 spiro atoms. The molecular weight excluding hydrogens is 272 g/mol. The molecule has 4 rings (SSSR count). The van der Waals surface area contributed by atoms with Gasteiger partial charge in [0, 0.05) is 35.7 Å². The van der Waals surface area contributed by atoms with Crippen LogP contribution in [0.15, 0.2) is 24.4 Å². The number of nitrogens with zero attached hydrogens (tertiary/aromatic N) is 2. The maximum Gasteiger partial charge on any atom is 0.0651 e. The Bertz CT molecular complexity index is 633. The number of H-pyrrole nitrogens is 1. The van der Waals surface area contributed by atoms with Crippen LogP contribution in [0.4, 0.5) is 5.69 Å². The van der Waals surface area contributed by atoms with Crippen molar-refractivity contribution in [2.24, 2.45) is 5.92 Å². The van der Waals surface area contributed by atoms with Gasteiger partial charge in [-0.1, -0.05) is 13.8 Å². The molecule has 2 N–H and O–H groups in total. The van der Waals surface area contributed by atoms with Crippen molar-refractivity contribution in [1.29, 1.82) is 0 Å². The summed E-state index contributed by atoms with van der Waals surface area (Å²) in [5.41, 5.74) is 2.34. The average Bonchev–Trinajstić information content (AvgIpc) is 3.01. The first kappa shape index (κ1) is 14.1. The van der Waals surface area contributed by atoms with Gasteiger partial charge in [0.25, 0.3) is 0 Å². The summed E-state index contributed by atoms with van der Waals surface area (Å²) in [6.07, 6.45) is 7.24. The Kier molecular flexibility index (Phi) is 3.57. The van der Waals surface area contributed by atoms with E-state index in [2.05, 4.69) is 52.5 Å². The van der Waals surface area contributed by atoms with Gasteiger partial charge >= 0.3 is 0 Å². The van der Waals surface area contributed by atoms with Gasteiger partial charge in [-0.05, 0) is 49.8 Å². The van der Waals surface area contributed by atoms with Crippen LogP contribution in [0.3, 0.4) is 0 Å². The van der Waals surface area contributed by atoms with Crippen molar-refractivity contribution in [3.63, 3.8) is 0 Å². The molecule has 2 saturated heterocycles. The zero-order valence-corrected chi connectivity index (χ0v) is 13.5. The van der Waals surface area contributed by atoms with Gasteiger partial charge in [0.2, 0.25) is 0 Å². The molecule has 22 heavy (non-hydrogen) atoms. The molecule has 2 fully saturated rings. The Morgan fingerprint density at radius 1 is 1.27 bits per heavy atom. The normalized spacial score (nSPS) is 28.6. The molecule has 2 bridgehead atoms. The molecule has 1 aromatic heterocycles. The van der Waals surface area contributed by atoms with Crippen molar-refractivity contribution < 1.29 is 0 Å². The fourth-order valence-corrected chi connectivity index (χ4v) is 4.38. The van der Waals surface area contributed by atoms with Crippen molar-refractivity contribution in [3.8, 4) is 0 Å². The van der Waals surface area contributed by atoms with Crippen LogP contribution in [-0.2, 0) is 0 Å². The largest absolute Gasteiger partial charge is 0.382 e. The molecule has 2 unspecified atom stereocenters. The lowest BCUT2D eigenvalue weighted by atomic mass is 9.96. The molecule has 2 aliphatic rings. The summed E-state index contributed by atoms with van der Waals surface area (Å²) in [7, 11) is 0. The third-order valence-corrected chi connectivity index (χ3v) is 5.27. The lowest BCUT2D eigenvalue weighted by molar-refractivity contribution is 0.117. The van der Waals surface area contributed by atoms with Gasteiger partial charge in [0.15, 0.2) is 0 Å². The Hall–Kier alpha value is -1.55. The quantitative estimate of drug-likeness (QED) is 0.906. The Labute approximate surface area is 132 Å². The first-order valence-electron chi connectivity index (χ1n) is 8.64. The maximum atomic E-state index is 4.10. The summed E-state index contributed by atoms with van der Waals surface area (Å²) in [6, 6.07) is 8.69. The van der Waals surface area contributed by atoms with Crippen LogP contribution in [0.1, 0.15) is 39.5 Å². The molecular formula is C18H26N4. The molecule has 4 nitrogen and oxygen atoms in total. The standard InChI is InChI=1S/C18H26N4/c1-12(2)11-22-16-4-5-17(22)9-15(8-16)20-14-3-6-18-13(7-14)10-19-21-18/h3,6-7,10,12,15-17,20H,4-5,8-9,11H2,1-2H3,(H,19,21). The van der Waals surface area contributed by atoms with Crippen molar-refractivity contribution in [1.82, 2.24) is 15.1 Å². The van der Waals surface area contributed by atoms with E-state index in [1.165, 1.54) is 43.3 Å². The molecule has 3 heterocycles. The number of aromatic nitrogens is 2.